The number of nitrogens with one attached hydrogen (secondary N) is 1. The molecule has 0 radical (unpaired) electrons. The number of amides is 1. The highest BCUT2D eigenvalue weighted by Gasteiger charge is 2.16. The Balaban J connectivity index is 1.88. The van der Waals surface area contributed by atoms with E-state index in [-0.39, 0.29) is 18.0 Å². The zero-order valence-corrected chi connectivity index (χ0v) is 14.1. The van der Waals surface area contributed by atoms with Crippen molar-refractivity contribution in [2.24, 2.45) is 5.10 Å². The lowest BCUT2D eigenvalue weighted by Crippen LogP contribution is -2.24. The molecule has 130 valence electrons. The van der Waals surface area contributed by atoms with E-state index in [1.54, 1.807) is 13.0 Å². The average molecular weight is 341 g/mol. The van der Waals surface area contributed by atoms with Gasteiger partial charge in [0, 0.05) is 6.07 Å². The molecule has 0 aliphatic heterocycles. The molecule has 0 saturated carbocycles. The molecule has 0 aliphatic carbocycles. The van der Waals surface area contributed by atoms with Gasteiger partial charge in [0.15, 0.2) is 12.4 Å². The van der Waals surface area contributed by atoms with E-state index in [1.165, 1.54) is 23.9 Å². The van der Waals surface area contributed by atoms with Crippen LogP contribution in [0.2, 0.25) is 0 Å². The number of hydrazone groups is 1. The molecule has 2 rings (SSSR count). The maximum absolute atomic E-state index is 11.7. The van der Waals surface area contributed by atoms with Crippen molar-refractivity contribution in [3.63, 3.8) is 0 Å². The van der Waals surface area contributed by atoms with Gasteiger partial charge in [0.05, 0.1) is 11.1 Å². The van der Waals surface area contributed by atoms with E-state index >= 15 is 0 Å². The fraction of sp³-hybridized carbons (Fsp3) is 0.222. The lowest BCUT2D eigenvalue weighted by Gasteiger charge is -2.06. The molecule has 0 atom stereocenters. The lowest BCUT2D eigenvalue weighted by molar-refractivity contribution is -0.385. The highest BCUT2D eigenvalue weighted by atomic mass is 16.6. The topological polar surface area (TPSA) is 93.8 Å². The van der Waals surface area contributed by atoms with Gasteiger partial charge in [-0.3, -0.25) is 14.9 Å². The number of nitrogens with zero attached hydrogens (tertiary/aromatic N) is 2. The maximum Gasteiger partial charge on any atom is 0.311 e. The highest BCUT2D eigenvalue weighted by molar-refractivity contribution is 5.83. The van der Waals surface area contributed by atoms with Gasteiger partial charge in [0.25, 0.3) is 5.91 Å². The Bertz CT molecular complexity index is 785. The quantitative estimate of drug-likeness (QED) is 0.476. The molecule has 0 aromatic heterocycles. The molecule has 7 heteroatoms. The molecule has 0 fully saturated rings. The van der Waals surface area contributed by atoms with Crippen LogP contribution in [0.3, 0.4) is 0 Å². The molecule has 25 heavy (non-hydrogen) atoms. The number of benzene rings is 2. The highest BCUT2D eigenvalue weighted by Crippen LogP contribution is 2.27. The predicted octanol–water partition coefficient (Wildman–Crippen LogP) is 2.99. The van der Waals surface area contributed by atoms with E-state index in [9.17, 15) is 14.9 Å². The van der Waals surface area contributed by atoms with Gasteiger partial charge in [-0.1, -0.05) is 37.3 Å². The monoisotopic (exact) mass is 341 g/mol. The van der Waals surface area contributed by atoms with Gasteiger partial charge in [-0.2, -0.15) is 5.10 Å². The normalized spacial score (nSPS) is 10.6. The molecule has 2 aromatic rings. The van der Waals surface area contributed by atoms with Crippen LogP contribution >= 0.6 is 0 Å². The van der Waals surface area contributed by atoms with Crippen molar-refractivity contribution in [3.05, 3.63) is 69.3 Å². The van der Waals surface area contributed by atoms with Crippen LogP contribution in [0, 0.1) is 17.0 Å². The minimum Gasteiger partial charge on any atom is -0.477 e. The molecule has 0 aliphatic rings. The summed E-state index contributed by atoms with van der Waals surface area (Å²) < 4.78 is 5.22. The number of nitro benzene ring substituents is 1. The van der Waals surface area contributed by atoms with E-state index < -0.39 is 10.8 Å². The van der Waals surface area contributed by atoms with Gasteiger partial charge >= 0.3 is 5.69 Å². The Morgan fingerprint density at radius 2 is 2.00 bits per heavy atom. The van der Waals surface area contributed by atoms with Crippen molar-refractivity contribution >= 4 is 17.8 Å². The van der Waals surface area contributed by atoms with E-state index in [0.29, 0.717) is 0 Å². The first-order valence-corrected chi connectivity index (χ1v) is 7.78. The van der Waals surface area contributed by atoms with Crippen LogP contribution in [0.15, 0.2) is 47.6 Å². The van der Waals surface area contributed by atoms with E-state index in [1.807, 2.05) is 24.3 Å². The summed E-state index contributed by atoms with van der Waals surface area (Å²) >= 11 is 0. The molecular formula is C18H19N3O4. The van der Waals surface area contributed by atoms with Crippen molar-refractivity contribution in [2.75, 3.05) is 6.61 Å². The Labute approximate surface area is 145 Å². The van der Waals surface area contributed by atoms with Crippen LogP contribution in [0.4, 0.5) is 5.69 Å². The fourth-order valence-electron chi connectivity index (χ4n) is 2.09. The largest absolute Gasteiger partial charge is 0.477 e. The molecule has 0 spiro atoms. The summed E-state index contributed by atoms with van der Waals surface area (Å²) in [6.07, 6.45) is 2.47. The van der Waals surface area contributed by atoms with Gasteiger partial charge in [-0.05, 0) is 36.1 Å². The molecule has 2 aromatic carbocycles. The summed E-state index contributed by atoms with van der Waals surface area (Å²) in [5.41, 5.74) is 4.96. The third kappa shape index (κ3) is 5.42. The molecule has 0 saturated heterocycles. The third-order valence-corrected chi connectivity index (χ3v) is 3.46. The van der Waals surface area contributed by atoms with Gasteiger partial charge in [0.1, 0.15) is 0 Å². The molecule has 0 bridgehead atoms. The molecular weight excluding hydrogens is 322 g/mol. The number of carbonyl (C=O) groups is 1. The number of hydrogen-bond donors (Lipinski definition) is 1. The van der Waals surface area contributed by atoms with E-state index in [2.05, 4.69) is 17.5 Å². The Morgan fingerprint density at radius 3 is 2.64 bits per heavy atom. The first-order chi connectivity index (χ1) is 12.0. The number of nitro groups is 1. The molecule has 0 unspecified atom stereocenters. The zero-order valence-electron chi connectivity index (χ0n) is 14.1. The Morgan fingerprint density at radius 1 is 1.28 bits per heavy atom. The minimum atomic E-state index is -0.543. The number of carbonyl (C=O) groups excluding carboxylic acids is 1. The standard InChI is InChI=1S/C18H19N3O4/c1-3-14-5-7-15(8-6-14)11-19-20-18(22)12-25-17-9-4-13(2)10-16(17)21(23)24/h4-11H,3,12H2,1-2H3,(H,20,22)/b19-11-. The Kier molecular flexibility index (Phi) is 6.22. The minimum absolute atomic E-state index is 0.0462. The van der Waals surface area contributed by atoms with E-state index in [0.717, 1.165) is 17.5 Å². The fourth-order valence-corrected chi connectivity index (χ4v) is 2.09. The van der Waals surface area contributed by atoms with Gasteiger partial charge < -0.3 is 4.74 Å². The summed E-state index contributed by atoms with van der Waals surface area (Å²) in [6, 6.07) is 12.3. The average Bonchev–Trinajstić information content (AvgIpc) is 2.61. The molecule has 1 N–H and O–H groups in total. The molecule has 7 nitrogen and oxygen atoms in total. The van der Waals surface area contributed by atoms with Crippen molar-refractivity contribution in [1.82, 2.24) is 5.43 Å². The number of aryl methyl sites for hydroxylation is 2. The first kappa shape index (κ1) is 18.1. The summed E-state index contributed by atoms with van der Waals surface area (Å²) in [5, 5.41) is 14.8. The second kappa shape index (κ2) is 8.58. The van der Waals surface area contributed by atoms with Crippen LogP contribution in [-0.4, -0.2) is 23.7 Å². The SMILES string of the molecule is CCc1ccc(/C=N\NC(=O)COc2ccc(C)cc2[N+](=O)[O-])cc1. The summed E-state index contributed by atoms with van der Waals surface area (Å²) in [7, 11) is 0. The van der Waals surface area contributed by atoms with Crippen molar-refractivity contribution in [1.29, 1.82) is 0 Å². The number of hydrogen-bond acceptors (Lipinski definition) is 5. The number of rotatable bonds is 7. The maximum atomic E-state index is 11.7. The van der Waals surface area contributed by atoms with Crippen LogP contribution in [0.1, 0.15) is 23.6 Å². The summed E-state index contributed by atoms with van der Waals surface area (Å²) in [6.45, 7) is 3.45. The second-order valence-corrected chi connectivity index (χ2v) is 5.41. The van der Waals surface area contributed by atoms with Crippen LogP contribution in [0.5, 0.6) is 5.75 Å². The van der Waals surface area contributed by atoms with Gasteiger partial charge in [-0.15, -0.1) is 0 Å². The predicted molar refractivity (Wildman–Crippen MR) is 94.9 cm³/mol. The van der Waals surface area contributed by atoms with Gasteiger partial charge in [0.2, 0.25) is 0 Å². The third-order valence-electron chi connectivity index (χ3n) is 3.46. The van der Waals surface area contributed by atoms with Crippen LogP contribution in [0.25, 0.3) is 0 Å². The number of ether oxygens (including phenoxy) is 1. The first-order valence-electron chi connectivity index (χ1n) is 7.78. The van der Waals surface area contributed by atoms with Crippen LogP contribution in [-0.2, 0) is 11.2 Å². The Hall–Kier alpha value is -3.22. The van der Waals surface area contributed by atoms with E-state index in [4.69, 9.17) is 4.74 Å². The smallest absolute Gasteiger partial charge is 0.311 e. The van der Waals surface area contributed by atoms with Gasteiger partial charge in [-0.25, -0.2) is 5.43 Å². The summed E-state index contributed by atoms with van der Waals surface area (Å²) in [4.78, 5) is 22.2. The van der Waals surface area contributed by atoms with Crippen molar-refractivity contribution in [3.8, 4) is 5.75 Å². The summed E-state index contributed by atoms with van der Waals surface area (Å²) in [5.74, 6) is -0.457. The zero-order chi connectivity index (χ0) is 18.2. The molecule has 0 heterocycles. The molecule has 1 amide bonds. The van der Waals surface area contributed by atoms with Crippen molar-refractivity contribution in [2.45, 2.75) is 20.3 Å². The van der Waals surface area contributed by atoms with Crippen molar-refractivity contribution < 1.29 is 14.5 Å². The second-order valence-electron chi connectivity index (χ2n) is 5.41. The van der Waals surface area contributed by atoms with Crippen LogP contribution < -0.4 is 10.2 Å². The lowest BCUT2D eigenvalue weighted by atomic mass is 10.1.